The fourth-order valence-corrected chi connectivity index (χ4v) is 3.76. The number of halogens is 2. The van der Waals surface area contributed by atoms with Crippen molar-refractivity contribution < 1.29 is 4.79 Å². The number of nitrogens with zero attached hydrogens (tertiary/aromatic N) is 1. The Labute approximate surface area is 130 Å². The lowest BCUT2D eigenvalue weighted by atomic mass is 10.0. The molecule has 1 unspecified atom stereocenters. The zero-order chi connectivity index (χ0) is 13.4. The van der Waals surface area contributed by atoms with Gasteiger partial charge in [-0.2, -0.15) is 0 Å². The largest absolute Gasteiger partial charge is 0.310 e. The van der Waals surface area contributed by atoms with E-state index in [1.807, 2.05) is 23.1 Å². The van der Waals surface area contributed by atoms with E-state index in [1.165, 1.54) is 12.8 Å². The second kappa shape index (κ2) is 5.54. The lowest BCUT2D eigenvalue weighted by molar-refractivity contribution is -0.121. The highest BCUT2D eigenvalue weighted by Gasteiger charge is 2.34. The van der Waals surface area contributed by atoms with Gasteiger partial charge in [-0.25, -0.2) is 0 Å². The first kappa shape index (κ1) is 13.6. The second-order valence-corrected chi connectivity index (χ2v) is 6.99. The lowest BCUT2D eigenvalue weighted by Gasteiger charge is -2.33. The predicted octanol–water partition coefficient (Wildman–Crippen LogP) is 3.46. The Balaban J connectivity index is 1.80. The molecule has 1 aliphatic heterocycles. The van der Waals surface area contributed by atoms with E-state index >= 15 is 0 Å². The van der Waals surface area contributed by atoms with Gasteiger partial charge in [0.2, 0.25) is 5.91 Å². The third-order valence-electron chi connectivity index (χ3n) is 3.65. The van der Waals surface area contributed by atoms with Gasteiger partial charge < -0.3 is 10.2 Å². The molecule has 1 amide bonds. The molecule has 0 bridgehead atoms. The molecule has 3 rings (SSSR count). The fraction of sp³-hybridized carbons (Fsp3) is 0.500. The molecule has 1 aliphatic carbocycles. The van der Waals surface area contributed by atoms with Gasteiger partial charge in [-0.1, -0.05) is 15.9 Å². The topological polar surface area (TPSA) is 32.3 Å². The van der Waals surface area contributed by atoms with Crippen LogP contribution in [0.1, 0.15) is 25.7 Å². The minimum absolute atomic E-state index is 0.00297. The van der Waals surface area contributed by atoms with Crippen molar-refractivity contribution in [2.24, 2.45) is 0 Å². The summed E-state index contributed by atoms with van der Waals surface area (Å²) in [6.07, 6.45) is 4.44. The van der Waals surface area contributed by atoms with E-state index in [-0.39, 0.29) is 11.9 Å². The number of hydrogen-bond acceptors (Lipinski definition) is 2. The van der Waals surface area contributed by atoms with Crippen LogP contribution in [-0.2, 0) is 4.79 Å². The number of benzene rings is 1. The molecule has 1 aromatic rings. The molecule has 19 heavy (non-hydrogen) atoms. The van der Waals surface area contributed by atoms with Crippen molar-refractivity contribution in [1.82, 2.24) is 5.32 Å². The maximum Gasteiger partial charge on any atom is 0.244 e. The van der Waals surface area contributed by atoms with Crippen molar-refractivity contribution in [1.29, 1.82) is 0 Å². The van der Waals surface area contributed by atoms with Gasteiger partial charge in [-0.05, 0) is 59.8 Å². The van der Waals surface area contributed by atoms with Crippen molar-refractivity contribution in [3.63, 3.8) is 0 Å². The number of carbonyl (C=O) groups excluding carboxylic acids is 1. The number of rotatable bonds is 3. The zero-order valence-electron chi connectivity index (χ0n) is 10.5. The standard InChI is InChI=1S/C14H16Br2N2O/c15-9-3-6-13(11(16)8-9)18-7-1-2-12(14(18)19)17-10-4-5-10/h3,6,8,10,12,17H,1-2,4-5,7H2. The fourth-order valence-electron chi connectivity index (χ4n) is 2.50. The number of hydrogen-bond donors (Lipinski definition) is 1. The number of carbonyl (C=O) groups is 1. The molecular formula is C14H16Br2N2O. The first-order valence-electron chi connectivity index (χ1n) is 6.67. The zero-order valence-corrected chi connectivity index (χ0v) is 13.7. The monoisotopic (exact) mass is 386 g/mol. The molecular weight excluding hydrogens is 372 g/mol. The molecule has 1 heterocycles. The van der Waals surface area contributed by atoms with E-state index in [9.17, 15) is 4.79 Å². The lowest BCUT2D eigenvalue weighted by Crippen LogP contribution is -2.51. The maximum absolute atomic E-state index is 12.6. The van der Waals surface area contributed by atoms with E-state index in [1.54, 1.807) is 0 Å². The predicted molar refractivity (Wildman–Crippen MR) is 83.4 cm³/mol. The van der Waals surface area contributed by atoms with Crippen LogP contribution < -0.4 is 10.2 Å². The summed E-state index contributed by atoms with van der Waals surface area (Å²) in [6, 6.07) is 6.52. The summed E-state index contributed by atoms with van der Waals surface area (Å²) in [6.45, 7) is 0.807. The Morgan fingerprint density at radius 3 is 2.68 bits per heavy atom. The van der Waals surface area contributed by atoms with Gasteiger partial charge in [0.25, 0.3) is 0 Å². The quantitative estimate of drug-likeness (QED) is 0.861. The average Bonchev–Trinajstić information content (AvgIpc) is 3.17. The van der Waals surface area contributed by atoms with Gasteiger partial charge in [0, 0.05) is 21.5 Å². The molecule has 1 saturated carbocycles. The Bertz CT molecular complexity index is 502. The molecule has 1 aromatic carbocycles. The molecule has 0 radical (unpaired) electrons. The van der Waals surface area contributed by atoms with Crippen LogP contribution in [0, 0.1) is 0 Å². The normalized spacial score (nSPS) is 23.8. The summed E-state index contributed by atoms with van der Waals surface area (Å²) in [4.78, 5) is 14.5. The third-order valence-corrected chi connectivity index (χ3v) is 4.78. The Morgan fingerprint density at radius 1 is 1.21 bits per heavy atom. The number of amides is 1. The van der Waals surface area contributed by atoms with Gasteiger partial charge in [-0.3, -0.25) is 4.79 Å². The molecule has 2 aliphatic rings. The van der Waals surface area contributed by atoms with Crippen molar-refractivity contribution >= 4 is 43.5 Å². The van der Waals surface area contributed by atoms with Crippen molar-refractivity contribution in [3.8, 4) is 0 Å². The minimum atomic E-state index is -0.00297. The van der Waals surface area contributed by atoms with Crippen LogP contribution in [0.3, 0.4) is 0 Å². The molecule has 1 N–H and O–H groups in total. The molecule has 102 valence electrons. The van der Waals surface area contributed by atoms with E-state index in [2.05, 4.69) is 37.2 Å². The first-order chi connectivity index (χ1) is 9.15. The Morgan fingerprint density at radius 2 is 2.00 bits per heavy atom. The van der Waals surface area contributed by atoms with Crippen molar-refractivity contribution in [2.75, 3.05) is 11.4 Å². The van der Waals surface area contributed by atoms with Crippen LogP contribution in [0.15, 0.2) is 27.1 Å². The van der Waals surface area contributed by atoms with Crippen LogP contribution in [-0.4, -0.2) is 24.5 Å². The molecule has 1 atom stereocenters. The van der Waals surface area contributed by atoms with Gasteiger partial charge >= 0.3 is 0 Å². The first-order valence-corrected chi connectivity index (χ1v) is 8.26. The molecule has 0 spiro atoms. The van der Waals surface area contributed by atoms with Gasteiger partial charge in [0.05, 0.1) is 11.7 Å². The minimum Gasteiger partial charge on any atom is -0.310 e. The van der Waals surface area contributed by atoms with Gasteiger partial charge in [0.1, 0.15) is 0 Å². The summed E-state index contributed by atoms with van der Waals surface area (Å²) in [7, 11) is 0. The number of anilines is 1. The van der Waals surface area contributed by atoms with Crippen LogP contribution in [0.4, 0.5) is 5.69 Å². The van der Waals surface area contributed by atoms with E-state index < -0.39 is 0 Å². The van der Waals surface area contributed by atoms with E-state index in [0.29, 0.717) is 6.04 Å². The van der Waals surface area contributed by atoms with Gasteiger partial charge in [0.15, 0.2) is 0 Å². The Hall–Kier alpha value is -0.390. The molecule has 2 fully saturated rings. The van der Waals surface area contributed by atoms with Gasteiger partial charge in [-0.15, -0.1) is 0 Å². The van der Waals surface area contributed by atoms with Crippen molar-refractivity contribution in [3.05, 3.63) is 27.1 Å². The number of nitrogens with one attached hydrogen (secondary N) is 1. The van der Waals surface area contributed by atoms with E-state index in [0.717, 1.165) is 34.0 Å². The van der Waals surface area contributed by atoms with Crippen molar-refractivity contribution in [2.45, 2.75) is 37.8 Å². The summed E-state index contributed by atoms with van der Waals surface area (Å²) in [5, 5.41) is 3.46. The highest BCUT2D eigenvalue weighted by Crippen LogP contribution is 2.32. The summed E-state index contributed by atoms with van der Waals surface area (Å²) >= 11 is 6.99. The smallest absolute Gasteiger partial charge is 0.244 e. The average molecular weight is 388 g/mol. The van der Waals surface area contributed by atoms with Crippen LogP contribution >= 0.6 is 31.9 Å². The summed E-state index contributed by atoms with van der Waals surface area (Å²) < 4.78 is 1.97. The highest BCUT2D eigenvalue weighted by atomic mass is 79.9. The summed E-state index contributed by atoms with van der Waals surface area (Å²) in [5.74, 6) is 0.209. The van der Waals surface area contributed by atoms with Crippen LogP contribution in [0.5, 0.6) is 0 Å². The van der Waals surface area contributed by atoms with Crippen LogP contribution in [0.25, 0.3) is 0 Å². The van der Waals surface area contributed by atoms with Crippen LogP contribution in [0.2, 0.25) is 0 Å². The molecule has 5 heteroatoms. The third kappa shape index (κ3) is 3.03. The highest BCUT2D eigenvalue weighted by molar-refractivity contribution is 9.11. The maximum atomic E-state index is 12.6. The number of piperidine rings is 1. The molecule has 1 saturated heterocycles. The Kier molecular flexibility index (Phi) is 3.96. The SMILES string of the molecule is O=C1C(NC2CC2)CCCN1c1ccc(Br)cc1Br. The second-order valence-electron chi connectivity index (χ2n) is 5.22. The van der Waals surface area contributed by atoms with E-state index in [4.69, 9.17) is 0 Å². The summed E-state index contributed by atoms with van der Waals surface area (Å²) in [5.41, 5.74) is 0.968. The molecule has 3 nitrogen and oxygen atoms in total. The molecule has 0 aromatic heterocycles.